The van der Waals surface area contributed by atoms with Gasteiger partial charge in [-0.3, -0.25) is 4.99 Å². The largest absolute Gasteiger partial charge is 0.364 e. The number of hydrogen-bond donors (Lipinski definition) is 1. The van der Waals surface area contributed by atoms with Gasteiger partial charge in [-0.25, -0.2) is 0 Å². The molecule has 3 rings (SSSR count). The summed E-state index contributed by atoms with van der Waals surface area (Å²) in [4.78, 5) is 4.47. The number of hydrogen-bond acceptors (Lipinski definition) is 3. The zero-order valence-corrected chi connectivity index (χ0v) is 10.3. The maximum Gasteiger partial charge on any atom is 0.156 e. The molecule has 2 nitrogen and oxygen atoms in total. The van der Waals surface area contributed by atoms with Crippen molar-refractivity contribution in [3.8, 4) is 0 Å². The van der Waals surface area contributed by atoms with Crippen molar-refractivity contribution in [1.82, 2.24) is 5.32 Å². The number of amidine groups is 1. The number of benzene rings is 1. The first-order chi connectivity index (χ1) is 7.83. The Morgan fingerprint density at radius 3 is 3.06 bits per heavy atom. The minimum atomic E-state index is 0.649. The Balaban J connectivity index is 1.55. The molecule has 2 unspecified atom stereocenters. The van der Waals surface area contributed by atoms with Gasteiger partial charge in [-0.1, -0.05) is 43.0 Å². The van der Waals surface area contributed by atoms with Crippen molar-refractivity contribution in [2.45, 2.75) is 24.5 Å². The second-order valence-corrected chi connectivity index (χ2v) is 5.98. The summed E-state index contributed by atoms with van der Waals surface area (Å²) in [5, 5.41) is 5.25. The molecular weight excluding hydrogens is 216 g/mol. The van der Waals surface area contributed by atoms with Crippen LogP contribution in [0.4, 0.5) is 0 Å². The summed E-state index contributed by atoms with van der Waals surface area (Å²) in [6, 6.07) is 8.74. The topological polar surface area (TPSA) is 24.4 Å². The van der Waals surface area contributed by atoms with Gasteiger partial charge in [0.05, 0.1) is 6.54 Å². The molecule has 2 aliphatic rings. The first-order valence-corrected chi connectivity index (χ1v) is 6.73. The van der Waals surface area contributed by atoms with Crippen LogP contribution in [-0.4, -0.2) is 23.5 Å². The number of thioether (sulfide) groups is 1. The highest BCUT2D eigenvalue weighted by Gasteiger charge is 2.25. The van der Waals surface area contributed by atoms with E-state index in [1.165, 1.54) is 17.5 Å². The molecule has 0 fully saturated rings. The van der Waals surface area contributed by atoms with Gasteiger partial charge in [0.1, 0.15) is 0 Å². The monoisotopic (exact) mass is 232 g/mol. The Morgan fingerprint density at radius 1 is 1.44 bits per heavy atom. The Bertz CT molecular complexity index is 428. The van der Waals surface area contributed by atoms with E-state index < -0.39 is 0 Å². The highest BCUT2D eigenvalue weighted by molar-refractivity contribution is 8.14. The first-order valence-electron chi connectivity index (χ1n) is 5.85. The molecule has 1 aromatic carbocycles. The van der Waals surface area contributed by atoms with Crippen LogP contribution in [0, 0.1) is 0 Å². The van der Waals surface area contributed by atoms with E-state index in [9.17, 15) is 0 Å². The molecule has 0 spiro atoms. The van der Waals surface area contributed by atoms with Crippen LogP contribution >= 0.6 is 11.8 Å². The third-order valence-corrected chi connectivity index (χ3v) is 4.31. The molecule has 1 N–H and O–H groups in total. The van der Waals surface area contributed by atoms with Crippen LogP contribution in [0.1, 0.15) is 24.0 Å². The molecule has 0 amide bonds. The lowest BCUT2D eigenvalue weighted by Gasteiger charge is -2.30. The summed E-state index contributed by atoms with van der Waals surface area (Å²) < 4.78 is 0. The van der Waals surface area contributed by atoms with Gasteiger partial charge >= 0.3 is 0 Å². The Labute approximate surface area is 101 Å². The molecule has 3 heteroatoms. The van der Waals surface area contributed by atoms with Crippen molar-refractivity contribution in [3.63, 3.8) is 0 Å². The van der Waals surface area contributed by atoms with Gasteiger partial charge in [0, 0.05) is 17.7 Å². The number of fused-ring (bicyclic) bond motifs is 1. The molecule has 0 saturated heterocycles. The second kappa shape index (κ2) is 4.13. The number of nitrogens with one attached hydrogen (secondary N) is 1. The third-order valence-electron chi connectivity index (χ3n) is 3.27. The normalized spacial score (nSPS) is 26.9. The molecule has 1 heterocycles. The van der Waals surface area contributed by atoms with Crippen molar-refractivity contribution >= 4 is 16.9 Å². The van der Waals surface area contributed by atoms with Crippen LogP contribution in [0.5, 0.6) is 0 Å². The zero-order chi connectivity index (χ0) is 11.0. The van der Waals surface area contributed by atoms with Gasteiger partial charge in [-0.2, -0.15) is 0 Å². The van der Waals surface area contributed by atoms with Crippen molar-refractivity contribution in [2.75, 3.05) is 13.1 Å². The zero-order valence-electron chi connectivity index (χ0n) is 9.44. The van der Waals surface area contributed by atoms with Crippen LogP contribution in [-0.2, 0) is 6.42 Å². The van der Waals surface area contributed by atoms with Crippen molar-refractivity contribution in [1.29, 1.82) is 0 Å². The van der Waals surface area contributed by atoms with Gasteiger partial charge < -0.3 is 5.32 Å². The lowest BCUT2D eigenvalue weighted by Crippen LogP contribution is -2.31. The van der Waals surface area contributed by atoms with E-state index in [0.29, 0.717) is 11.2 Å². The molecule has 0 saturated carbocycles. The average Bonchev–Trinajstić information content (AvgIpc) is 2.66. The number of nitrogens with zero attached hydrogens (tertiary/aromatic N) is 1. The molecule has 1 aliphatic heterocycles. The molecule has 0 radical (unpaired) electrons. The summed E-state index contributed by atoms with van der Waals surface area (Å²) in [5.74, 6) is 0.690. The van der Waals surface area contributed by atoms with E-state index in [2.05, 4.69) is 41.5 Å². The third kappa shape index (κ3) is 1.84. The molecular formula is C13H16N2S. The van der Waals surface area contributed by atoms with Gasteiger partial charge in [0.2, 0.25) is 0 Å². The second-order valence-electron chi connectivity index (χ2n) is 4.56. The predicted octanol–water partition coefficient (Wildman–Crippen LogP) is 2.41. The van der Waals surface area contributed by atoms with Crippen LogP contribution < -0.4 is 5.32 Å². The average molecular weight is 232 g/mol. The van der Waals surface area contributed by atoms with Gasteiger partial charge in [0.15, 0.2) is 5.17 Å². The highest BCUT2D eigenvalue weighted by atomic mass is 32.2. The van der Waals surface area contributed by atoms with Crippen LogP contribution in [0.2, 0.25) is 0 Å². The maximum atomic E-state index is 4.47. The summed E-state index contributed by atoms with van der Waals surface area (Å²) in [6.45, 7) is 4.23. The van der Waals surface area contributed by atoms with E-state index in [0.717, 1.165) is 18.3 Å². The smallest absolute Gasteiger partial charge is 0.156 e. The lowest BCUT2D eigenvalue weighted by atomic mass is 9.78. The first kappa shape index (κ1) is 10.2. The van der Waals surface area contributed by atoms with Gasteiger partial charge in [-0.15, -0.1) is 0 Å². The van der Waals surface area contributed by atoms with Crippen LogP contribution in [0.15, 0.2) is 29.3 Å². The minimum absolute atomic E-state index is 0.649. The van der Waals surface area contributed by atoms with Crippen molar-refractivity contribution < 1.29 is 0 Å². The minimum Gasteiger partial charge on any atom is -0.364 e. The van der Waals surface area contributed by atoms with E-state index in [-0.39, 0.29) is 0 Å². The van der Waals surface area contributed by atoms with Crippen LogP contribution in [0.25, 0.3) is 0 Å². The Morgan fingerprint density at radius 2 is 2.31 bits per heavy atom. The molecule has 84 valence electrons. The summed E-state index contributed by atoms with van der Waals surface area (Å²) in [7, 11) is 0. The van der Waals surface area contributed by atoms with E-state index in [1.807, 2.05) is 11.8 Å². The van der Waals surface area contributed by atoms with Gasteiger partial charge in [-0.05, 0) is 17.5 Å². The molecule has 0 aromatic heterocycles. The standard InChI is InChI=1S/C13H16N2S/c1-9-7-14-13(16-9)15-8-11-6-10-4-2-3-5-12(10)11/h2-5,9,11H,6-8H2,1H3,(H,14,15). The Kier molecular flexibility index (Phi) is 2.64. The highest BCUT2D eigenvalue weighted by Crippen LogP contribution is 2.34. The molecule has 1 aromatic rings. The van der Waals surface area contributed by atoms with E-state index in [4.69, 9.17) is 0 Å². The summed E-state index contributed by atoms with van der Waals surface area (Å²) >= 11 is 1.86. The molecule has 0 bridgehead atoms. The van der Waals surface area contributed by atoms with E-state index >= 15 is 0 Å². The SMILES string of the molecule is CC1CN=C(NCC2Cc3ccccc32)S1. The fraction of sp³-hybridized carbons (Fsp3) is 0.462. The number of aliphatic imine (C=N–C) groups is 1. The maximum absolute atomic E-state index is 4.47. The Hall–Kier alpha value is -0.960. The fourth-order valence-corrected chi connectivity index (χ4v) is 3.18. The molecule has 16 heavy (non-hydrogen) atoms. The van der Waals surface area contributed by atoms with Crippen LogP contribution in [0.3, 0.4) is 0 Å². The predicted molar refractivity (Wildman–Crippen MR) is 70.2 cm³/mol. The van der Waals surface area contributed by atoms with Crippen molar-refractivity contribution in [3.05, 3.63) is 35.4 Å². The fourth-order valence-electron chi connectivity index (χ4n) is 2.33. The summed E-state index contributed by atoms with van der Waals surface area (Å²) in [6.07, 6.45) is 1.22. The summed E-state index contributed by atoms with van der Waals surface area (Å²) in [5.41, 5.74) is 3.04. The number of rotatable bonds is 2. The lowest BCUT2D eigenvalue weighted by molar-refractivity contribution is 0.592. The quantitative estimate of drug-likeness (QED) is 0.847. The van der Waals surface area contributed by atoms with E-state index in [1.54, 1.807) is 0 Å². The van der Waals surface area contributed by atoms with Gasteiger partial charge in [0.25, 0.3) is 0 Å². The molecule has 1 aliphatic carbocycles. The van der Waals surface area contributed by atoms with Crippen molar-refractivity contribution in [2.24, 2.45) is 4.99 Å². The molecule has 2 atom stereocenters.